The monoisotopic (exact) mass is 297 g/mol. The molecule has 1 atom stereocenters. The first-order valence-electron chi connectivity index (χ1n) is 8.00. The van der Waals surface area contributed by atoms with Crippen molar-refractivity contribution < 1.29 is 0 Å². The van der Waals surface area contributed by atoms with Gasteiger partial charge in [-0.05, 0) is 41.1 Å². The second kappa shape index (κ2) is 5.77. The molecule has 0 radical (unpaired) electrons. The SMILES string of the molecule is Cc1ccccc1C(c1ccccc1)n1ccc2ccccc21. The maximum Gasteiger partial charge on any atom is 0.0841 e. The first-order chi connectivity index (χ1) is 11.3. The Morgan fingerprint density at radius 3 is 2.22 bits per heavy atom. The van der Waals surface area contributed by atoms with E-state index in [1.165, 1.54) is 27.6 Å². The van der Waals surface area contributed by atoms with Crippen LogP contribution in [0.4, 0.5) is 0 Å². The average Bonchev–Trinajstić information content (AvgIpc) is 3.02. The minimum absolute atomic E-state index is 0.192. The predicted octanol–water partition coefficient (Wildman–Crippen LogP) is 5.59. The van der Waals surface area contributed by atoms with Gasteiger partial charge in [0.05, 0.1) is 6.04 Å². The summed E-state index contributed by atoms with van der Waals surface area (Å²) in [6.45, 7) is 2.19. The molecule has 1 heterocycles. The molecular formula is C22H19N. The lowest BCUT2D eigenvalue weighted by molar-refractivity contribution is 0.700. The van der Waals surface area contributed by atoms with Gasteiger partial charge in [-0.2, -0.15) is 0 Å². The van der Waals surface area contributed by atoms with Gasteiger partial charge in [-0.3, -0.25) is 0 Å². The summed E-state index contributed by atoms with van der Waals surface area (Å²) < 4.78 is 2.38. The Bertz CT molecular complexity index is 934. The number of fused-ring (bicyclic) bond motifs is 1. The largest absolute Gasteiger partial charge is 0.336 e. The maximum absolute atomic E-state index is 2.38. The highest BCUT2D eigenvalue weighted by Gasteiger charge is 2.19. The molecule has 3 aromatic carbocycles. The summed E-state index contributed by atoms with van der Waals surface area (Å²) in [5.74, 6) is 0. The van der Waals surface area contributed by atoms with E-state index in [1.807, 2.05) is 0 Å². The average molecular weight is 297 g/mol. The first-order valence-corrected chi connectivity index (χ1v) is 8.00. The third-order valence-electron chi connectivity index (χ3n) is 4.51. The molecule has 4 rings (SSSR count). The number of benzene rings is 3. The normalized spacial score (nSPS) is 12.4. The second-order valence-electron chi connectivity index (χ2n) is 5.95. The number of rotatable bonds is 3. The number of para-hydroxylation sites is 1. The van der Waals surface area contributed by atoms with Gasteiger partial charge in [-0.1, -0.05) is 72.8 Å². The molecule has 1 nitrogen and oxygen atoms in total. The van der Waals surface area contributed by atoms with Gasteiger partial charge in [0, 0.05) is 11.7 Å². The van der Waals surface area contributed by atoms with Crippen molar-refractivity contribution in [3.8, 4) is 0 Å². The van der Waals surface area contributed by atoms with Gasteiger partial charge in [0.15, 0.2) is 0 Å². The van der Waals surface area contributed by atoms with Gasteiger partial charge in [-0.15, -0.1) is 0 Å². The summed E-state index contributed by atoms with van der Waals surface area (Å²) in [4.78, 5) is 0. The van der Waals surface area contributed by atoms with Crippen LogP contribution in [0.3, 0.4) is 0 Å². The molecule has 23 heavy (non-hydrogen) atoms. The molecule has 0 aliphatic heterocycles. The zero-order valence-electron chi connectivity index (χ0n) is 13.2. The molecule has 1 aromatic heterocycles. The van der Waals surface area contributed by atoms with Crippen LogP contribution < -0.4 is 0 Å². The van der Waals surface area contributed by atoms with Crippen LogP contribution in [-0.4, -0.2) is 4.57 Å². The molecule has 0 N–H and O–H groups in total. The minimum Gasteiger partial charge on any atom is -0.336 e. The number of hydrogen-bond acceptors (Lipinski definition) is 0. The topological polar surface area (TPSA) is 4.93 Å². The molecule has 0 amide bonds. The van der Waals surface area contributed by atoms with E-state index in [9.17, 15) is 0 Å². The highest BCUT2D eigenvalue weighted by Crippen LogP contribution is 2.32. The number of aromatic nitrogens is 1. The molecule has 0 aliphatic rings. The Balaban J connectivity index is 1.98. The van der Waals surface area contributed by atoms with Gasteiger partial charge in [0.1, 0.15) is 0 Å². The minimum atomic E-state index is 0.192. The first kappa shape index (κ1) is 13.8. The second-order valence-corrected chi connectivity index (χ2v) is 5.95. The van der Waals surface area contributed by atoms with E-state index in [0.717, 1.165) is 0 Å². The van der Waals surface area contributed by atoms with Crippen LogP contribution in [0, 0.1) is 6.92 Å². The lowest BCUT2D eigenvalue weighted by Crippen LogP contribution is -2.12. The van der Waals surface area contributed by atoms with E-state index >= 15 is 0 Å². The number of hydrogen-bond donors (Lipinski definition) is 0. The van der Waals surface area contributed by atoms with Crippen LogP contribution >= 0.6 is 0 Å². The van der Waals surface area contributed by atoms with Crippen molar-refractivity contribution in [2.75, 3.05) is 0 Å². The Morgan fingerprint density at radius 1 is 0.696 bits per heavy atom. The fraction of sp³-hybridized carbons (Fsp3) is 0.0909. The van der Waals surface area contributed by atoms with Crippen molar-refractivity contribution in [3.63, 3.8) is 0 Å². The highest BCUT2D eigenvalue weighted by atomic mass is 15.0. The van der Waals surface area contributed by atoms with Crippen LogP contribution in [0.1, 0.15) is 22.7 Å². The lowest BCUT2D eigenvalue weighted by atomic mass is 9.94. The summed E-state index contributed by atoms with van der Waals surface area (Å²) in [6, 6.07) is 30.4. The van der Waals surface area contributed by atoms with Crippen molar-refractivity contribution in [2.24, 2.45) is 0 Å². The Hall–Kier alpha value is -2.80. The van der Waals surface area contributed by atoms with Crippen molar-refractivity contribution in [3.05, 3.63) is 108 Å². The molecule has 4 aromatic rings. The molecule has 0 bridgehead atoms. The molecule has 1 unspecified atom stereocenters. The quantitative estimate of drug-likeness (QED) is 0.464. The smallest absolute Gasteiger partial charge is 0.0841 e. The van der Waals surface area contributed by atoms with E-state index in [1.54, 1.807) is 0 Å². The van der Waals surface area contributed by atoms with Gasteiger partial charge in [0.25, 0.3) is 0 Å². The van der Waals surface area contributed by atoms with Crippen molar-refractivity contribution in [2.45, 2.75) is 13.0 Å². The van der Waals surface area contributed by atoms with Crippen molar-refractivity contribution in [1.82, 2.24) is 4.57 Å². The van der Waals surface area contributed by atoms with Crippen molar-refractivity contribution in [1.29, 1.82) is 0 Å². The van der Waals surface area contributed by atoms with Crippen LogP contribution in [0.5, 0.6) is 0 Å². The third-order valence-corrected chi connectivity index (χ3v) is 4.51. The molecule has 0 saturated carbocycles. The van der Waals surface area contributed by atoms with Crippen LogP contribution in [0.15, 0.2) is 91.1 Å². The Labute approximate surface area is 136 Å². The summed E-state index contributed by atoms with van der Waals surface area (Å²) in [5.41, 5.74) is 5.24. The Morgan fingerprint density at radius 2 is 1.39 bits per heavy atom. The lowest BCUT2D eigenvalue weighted by Gasteiger charge is -2.23. The van der Waals surface area contributed by atoms with E-state index in [4.69, 9.17) is 0 Å². The van der Waals surface area contributed by atoms with Gasteiger partial charge < -0.3 is 4.57 Å². The molecule has 0 aliphatic carbocycles. The fourth-order valence-electron chi connectivity index (χ4n) is 3.35. The van der Waals surface area contributed by atoms with Gasteiger partial charge >= 0.3 is 0 Å². The molecule has 0 spiro atoms. The van der Waals surface area contributed by atoms with Crippen LogP contribution in [0.2, 0.25) is 0 Å². The maximum atomic E-state index is 2.38. The van der Waals surface area contributed by atoms with Crippen LogP contribution in [-0.2, 0) is 0 Å². The van der Waals surface area contributed by atoms with E-state index in [2.05, 4.69) is 103 Å². The highest BCUT2D eigenvalue weighted by molar-refractivity contribution is 5.80. The molecule has 1 heteroatoms. The molecule has 0 saturated heterocycles. The van der Waals surface area contributed by atoms with E-state index < -0.39 is 0 Å². The number of nitrogens with zero attached hydrogens (tertiary/aromatic N) is 1. The van der Waals surface area contributed by atoms with Gasteiger partial charge in [-0.25, -0.2) is 0 Å². The van der Waals surface area contributed by atoms with E-state index in [0.29, 0.717) is 0 Å². The van der Waals surface area contributed by atoms with Crippen LogP contribution in [0.25, 0.3) is 10.9 Å². The van der Waals surface area contributed by atoms with E-state index in [-0.39, 0.29) is 6.04 Å². The van der Waals surface area contributed by atoms with Gasteiger partial charge in [0.2, 0.25) is 0 Å². The summed E-state index contributed by atoms with van der Waals surface area (Å²) in [7, 11) is 0. The summed E-state index contributed by atoms with van der Waals surface area (Å²) in [6.07, 6.45) is 2.20. The Kier molecular flexibility index (Phi) is 3.47. The molecular weight excluding hydrogens is 278 g/mol. The fourth-order valence-corrected chi connectivity index (χ4v) is 3.35. The zero-order valence-corrected chi connectivity index (χ0v) is 13.2. The zero-order chi connectivity index (χ0) is 15.6. The third kappa shape index (κ3) is 2.44. The summed E-state index contributed by atoms with van der Waals surface area (Å²) >= 11 is 0. The van der Waals surface area contributed by atoms with Crippen molar-refractivity contribution >= 4 is 10.9 Å². The molecule has 112 valence electrons. The summed E-state index contributed by atoms with van der Waals surface area (Å²) in [5, 5.41) is 1.28. The predicted molar refractivity (Wildman–Crippen MR) is 96.8 cm³/mol. The standard InChI is InChI=1S/C22H19N/c1-17-9-5-7-13-20(17)22(19-11-3-2-4-12-19)23-16-15-18-10-6-8-14-21(18)23/h2-16,22H,1H3. The number of aryl methyl sites for hydroxylation is 1. The molecule has 0 fully saturated rings.